The molecule has 0 heterocycles. The van der Waals surface area contributed by atoms with Crippen LogP contribution < -0.4 is 0 Å². The van der Waals surface area contributed by atoms with E-state index in [-0.39, 0.29) is 23.0 Å². The Hall–Kier alpha value is -0.770. The van der Waals surface area contributed by atoms with Crippen molar-refractivity contribution in [2.24, 2.45) is 28.6 Å². The van der Waals surface area contributed by atoms with Crippen LogP contribution in [0.2, 0.25) is 0 Å². The molecule has 4 aliphatic rings. The summed E-state index contributed by atoms with van der Waals surface area (Å²) in [6, 6.07) is 0. The molecule has 2 nitrogen and oxygen atoms in total. The normalized spacial score (nSPS) is 51.0. The second-order valence-electron chi connectivity index (χ2n) is 9.16. The molecule has 24 heavy (non-hydrogen) atoms. The summed E-state index contributed by atoms with van der Waals surface area (Å²) in [4.78, 5) is 11.8. The molecule has 0 aromatic rings. The molecule has 3 saturated carbocycles. The Balaban J connectivity index is 1.73. The third-order valence-corrected chi connectivity index (χ3v) is 8.42. The SMILES string of the molecule is CC1(O)CC[C@H]2[C@@H]3CCC4=CC(=O)CC[C@]4(C)[C@@H]3CC[C@@]21C(F)F. The van der Waals surface area contributed by atoms with Crippen LogP contribution in [0.4, 0.5) is 8.78 Å². The molecule has 3 fully saturated rings. The summed E-state index contributed by atoms with van der Waals surface area (Å²) >= 11 is 0. The fraction of sp³-hybridized carbons (Fsp3) is 0.850. The molecule has 0 spiro atoms. The number of halogens is 2. The molecule has 4 aliphatic carbocycles. The first-order valence-corrected chi connectivity index (χ1v) is 9.47. The second kappa shape index (κ2) is 5.12. The van der Waals surface area contributed by atoms with E-state index in [0.717, 1.165) is 25.7 Å². The van der Waals surface area contributed by atoms with E-state index in [0.29, 0.717) is 31.6 Å². The van der Waals surface area contributed by atoms with E-state index in [1.807, 2.05) is 6.08 Å². The molecule has 1 unspecified atom stereocenters. The van der Waals surface area contributed by atoms with Gasteiger partial charge in [-0.25, -0.2) is 8.78 Å². The lowest BCUT2D eigenvalue weighted by Crippen LogP contribution is -2.58. The molecular formula is C20H28F2O2. The maximum Gasteiger partial charge on any atom is 0.247 e. The molecular weight excluding hydrogens is 310 g/mol. The van der Waals surface area contributed by atoms with Crippen molar-refractivity contribution in [1.29, 1.82) is 0 Å². The molecule has 0 saturated heterocycles. The van der Waals surface area contributed by atoms with E-state index in [4.69, 9.17) is 0 Å². The van der Waals surface area contributed by atoms with Crippen LogP contribution in [0.5, 0.6) is 0 Å². The van der Waals surface area contributed by atoms with Crippen molar-refractivity contribution in [1.82, 2.24) is 0 Å². The number of hydrogen-bond acceptors (Lipinski definition) is 2. The lowest BCUT2D eigenvalue weighted by atomic mass is 9.46. The standard InChI is InChI=1S/C20H28F2O2/c1-18-8-5-13(23)11-12(18)3-4-14-15(18)7-10-20(17(21)22)16(14)6-9-19(20,2)24/h11,14-17,24H,3-10H2,1-2H3/t14-,15-,16+,18+,19?,20+/m1/s1. The van der Waals surface area contributed by atoms with E-state index in [1.54, 1.807) is 6.92 Å². The zero-order valence-electron chi connectivity index (χ0n) is 14.7. The lowest BCUT2D eigenvalue weighted by Gasteiger charge is -2.59. The minimum absolute atomic E-state index is 0.000440. The first kappa shape index (κ1) is 16.7. The molecule has 0 aromatic heterocycles. The number of allylic oxidation sites excluding steroid dienone is 1. The van der Waals surface area contributed by atoms with Gasteiger partial charge in [-0.15, -0.1) is 0 Å². The van der Waals surface area contributed by atoms with Crippen molar-refractivity contribution in [3.8, 4) is 0 Å². The van der Waals surface area contributed by atoms with Crippen LogP contribution in [0.25, 0.3) is 0 Å². The van der Waals surface area contributed by atoms with E-state index >= 15 is 0 Å². The van der Waals surface area contributed by atoms with Gasteiger partial charge in [0.2, 0.25) is 6.43 Å². The van der Waals surface area contributed by atoms with Crippen molar-refractivity contribution in [3.05, 3.63) is 11.6 Å². The van der Waals surface area contributed by atoms with Crippen molar-refractivity contribution < 1.29 is 18.7 Å². The average Bonchev–Trinajstić information content (AvgIpc) is 2.80. The van der Waals surface area contributed by atoms with Crippen LogP contribution in [0.1, 0.15) is 65.2 Å². The minimum atomic E-state index is -2.46. The predicted octanol–water partition coefficient (Wildman–Crippen LogP) is 4.51. The Morgan fingerprint density at radius 2 is 1.79 bits per heavy atom. The molecule has 1 N–H and O–H groups in total. The summed E-state index contributed by atoms with van der Waals surface area (Å²) in [7, 11) is 0. The van der Waals surface area contributed by atoms with Gasteiger partial charge in [-0.1, -0.05) is 12.5 Å². The fourth-order valence-electron chi connectivity index (χ4n) is 7.04. The average molecular weight is 338 g/mol. The smallest absolute Gasteiger partial charge is 0.247 e. The maximum absolute atomic E-state index is 14.2. The summed E-state index contributed by atoms with van der Waals surface area (Å²) in [5.41, 5.74) is -1.22. The molecule has 0 bridgehead atoms. The van der Waals surface area contributed by atoms with Crippen molar-refractivity contribution >= 4 is 5.78 Å². The molecule has 6 atom stereocenters. The lowest BCUT2D eigenvalue weighted by molar-refractivity contribution is -0.193. The van der Waals surface area contributed by atoms with Gasteiger partial charge in [0, 0.05) is 6.42 Å². The van der Waals surface area contributed by atoms with Gasteiger partial charge in [-0.2, -0.15) is 0 Å². The highest BCUT2D eigenvalue weighted by Crippen LogP contribution is 2.69. The van der Waals surface area contributed by atoms with Gasteiger partial charge in [0.1, 0.15) is 0 Å². The number of aliphatic hydroxyl groups is 1. The van der Waals surface area contributed by atoms with Crippen molar-refractivity contribution in [2.45, 2.75) is 77.2 Å². The molecule has 0 radical (unpaired) electrons. The van der Waals surface area contributed by atoms with Gasteiger partial charge < -0.3 is 5.11 Å². The van der Waals surface area contributed by atoms with Gasteiger partial charge in [0.25, 0.3) is 0 Å². The molecule has 134 valence electrons. The van der Waals surface area contributed by atoms with Gasteiger partial charge >= 0.3 is 0 Å². The Kier molecular flexibility index (Phi) is 3.56. The van der Waals surface area contributed by atoms with Crippen LogP contribution in [-0.4, -0.2) is 22.9 Å². The third kappa shape index (κ3) is 1.92. The zero-order valence-corrected chi connectivity index (χ0v) is 14.7. The number of carbonyl (C=O) groups is 1. The number of hydrogen-bond donors (Lipinski definition) is 1. The highest BCUT2D eigenvalue weighted by molar-refractivity contribution is 5.91. The Morgan fingerprint density at radius 1 is 1.08 bits per heavy atom. The number of rotatable bonds is 1. The summed E-state index contributed by atoms with van der Waals surface area (Å²) in [5.74, 6) is 0.790. The van der Waals surface area contributed by atoms with E-state index in [1.165, 1.54) is 5.57 Å². The quantitative estimate of drug-likeness (QED) is 0.763. The highest BCUT2D eigenvalue weighted by Gasteiger charge is 2.68. The Bertz CT molecular complexity index is 596. The van der Waals surface area contributed by atoms with Crippen LogP contribution in [-0.2, 0) is 4.79 Å². The van der Waals surface area contributed by atoms with E-state index < -0.39 is 17.4 Å². The van der Waals surface area contributed by atoms with Crippen LogP contribution in [0.3, 0.4) is 0 Å². The molecule has 4 rings (SSSR count). The monoisotopic (exact) mass is 338 g/mol. The van der Waals surface area contributed by atoms with E-state index in [9.17, 15) is 18.7 Å². The first-order valence-electron chi connectivity index (χ1n) is 9.47. The van der Waals surface area contributed by atoms with Crippen LogP contribution in [0.15, 0.2) is 11.6 Å². The van der Waals surface area contributed by atoms with Gasteiger partial charge in [0.05, 0.1) is 11.0 Å². The van der Waals surface area contributed by atoms with Crippen LogP contribution in [0, 0.1) is 28.6 Å². The minimum Gasteiger partial charge on any atom is -0.389 e. The van der Waals surface area contributed by atoms with Crippen LogP contribution >= 0.6 is 0 Å². The molecule has 0 aliphatic heterocycles. The highest BCUT2D eigenvalue weighted by atomic mass is 19.3. The number of ketones is 1. The second-order valence-corrected chi connectivity index (χ2v) is 9.16. The Morgan fingerprint density at radius 3 is 2.50 bits per heavy atom. The largest absolute Gasteiger partial charge is 0.389 e. The van der Waals surface area contributed by atoms with E-state index in [2.05, 4.69) is 6.92 Å². The fourth-order valence-corrected chi connectivity index (χ4v) is 7.04. The van der Waals surface area contributed by atoms with Gasteiger partial charge in [0.15, 0.2) is 5.78 Å². The zero-order chi connectivity index (χ0) is 17.3. The van der Waals surface area contributed by atoms with Crippen molar-refractivity contribution in [2.75, 3.05) is 0 Å². The summed E-state index contributed by atoms with van der Waals surface area (Å²) < 4.78 is 28.4. The summed E-state index contributed by atoms with van der Waals surface area (Å²) in [5, 5.41) is 10.8. The summed E-state index contributed by atoms with van der Waals surface area (Å²) in [6.45, 7) is 3.89. The first-order chi connectivity index (χ1) is 11.2. The number of fused-ring (bicyclic) bond motifs is 5. The van der Waals surface area contributed by atoms with Crippen molar-refractivity contribution in [3.63, 3.8) is 0 Å². The topological polar surface area (TPSA) is 37.3 Å². The molecule has 0 amide bonds. The maximum atomic E-state index is 14.2. The predicted molar refractivity (Wildman–Crippen MR) is 87.7 cm³/mol. The Labute approximate surface area is 142 Å². The molecule has 4 heteroatoms. The van der Waals surface area contributed by atoms with Gasteiger partial charge in [-0.3, -0.25) is 4.79 Å². The third-order valence-electron chi connectivity index (χ3n) is 8.42. The summed E-state index contributed by atoms with van der Waals surface area (Å²) in [6.07, 6.45) is 4.98. The number of alkyl halides is 2. The number of carbonyl (C=O) groups excluding carboxylic acids is 1. The molecule has 0 aromatic carbocycles. The van der Waals surface area contributed by atoms with Gasteiger partial charge in [-0.05, 0) is 81.1 Å².